The summed E-state index contributed by atoms with van der Waals surface area (Å²) in [5.41, 5.74) is 2.10. The third-order valence-corrected chi connectivity index (χ3v) is 5.45. The number of hydrogen-bond acceptors (Lipinski definition) is 5. The molecule has 0 spiro atoms. The molecule has 0 atom stereocenters. The second-order valence-corrected chi connectivity index (χ2v) is 8.75. The zero-order chi connectivity index (χ0) is 20.0. The van der Waals surface area contributed by atoms with E-state index in [0.29, 0.717) is 35.8 Å². The second-order valence-electron chi connectivity index (χ2n) is 7.07. The van der Waals surface area contributed by atoms with Crippen molar-refractivity contribution in [1.29, 1.82) is 0 Å². The van der Waals surface area contributed by atoms with Gasteiger partial charge in [-0.05, 0) is 36.6 Å². The molecular weight excluding hydrogens is 362 g/mol. The molecule has 27 heavy (non-hydrogen) atoms. The highest BCUT2D eigenvalue weighted by Gasteiger charge is 2.16. The Morgan fingerprint density at radius 2 is 1.70 bits per heavy atom. The van der Waals surface area contributed by atoms with E-state index in [4.69, 9.17) is 4.74 Å². The monoisotopic (exact) mass is 391 g/mol. The van der Waals surface area contributed by atoms with Crippen LogP contribution in [0.3, 0.4) is 0 Å². The highest BCUT2D eigenvalue weighted by atomic mass is 32.2. The van der Waals surface area contributed by atoms with Gasteiger partial charge in [0.2, 0.25) is 5.88 Å². The molecule has 0 saturated carbocycles. The number of nitrogens with one attached hydrogen (secondary N) is 2. The molecule has 2 aromatic rings. The van der Waals surface area contributed by atoms with Crippen molar-refractivity contribution in [2.75, 3.05) is 17.9 Å². The van der Waals surface area contributed by atoms with Gasteiger partial charge in [-0.2, -0.15) is 0 Å². The highest BCUT2D eigenvalue weighted by Crippen LogP contribution is 2.22. The first-order valence-electron chi connectivity index (χ1n) is 9.15. The number of pyridine rings is 1. The van der Waals surface area contributed by atoms with Crippen LogP contribution in [-0.2, 0) is 10.0 Å². The largest absolute Gasteiger partial charge is 0.476 e. The number of sulfonamides is 1. The van der Waals surface area contributed by atoms with Crippen LogP contribution in [-0.4, -0.2) is 32.6 Å². The van der Waals surface area contributed by atoms with E-state index in [0.717, 1.165) is 12.1 Å². The average molecular weight is 392 g/mol. The van der Waals surface area contributed by atoms with Crippen molar-refractivity contribution in [3.8, 4) is 5.88 Å². The summed E-state index contributed by atoms with van der Waals surface area (Å²) in [4.78, 5) is 4.56. The third kappa shape index (κ3) is 6.22. The Morgan fingerprint density at radius 1 is 1.04 bits per heavy atom. The van der Waals surface area contributed by atoms with E-state index in [1.54, 1.807) is 31.2 Å². The maximum Gasteiger partial charge on any atom is 0.261 e. The van der Waals surface area contributed by atoms with E-state index in [9.17, 15) is 8.42 Å². The summed E-state index contributed by atoms with van der Waals surface area (Å²) in [6.07, 6.45) is 0. The number of hydrogen-bond donors (Lipinski definition) is 2. The first-order chi connectivity index (χ1) is 12.7. The lowest BCUT2D eigenvalue weighted by Gasteiger charge is -2.13. The normalized spacial score (nSPS) is 11.8. The number of anilines is 1. The summed E-state index contributed by atoms with van der Waals surface area (Å²) >= 11 is 0. The molecule has 0 aliphatic rings. The standard InChI is InChI=1S/C20H29N3O3S/c1-14(2)17-6-8-18(9-7-17)27(24,25)23-19-10-11-20(22-16(19)5)26-13-12-21-15(3)4/h6-11,14-15,21,23H,12-13H2,1-5H3. The van der Waals surface area contributed by atoms with Crippen LogP contribution in [0.5, 0.6) is 5.88 Å². The molecule has 0 aliphatic carbocycles. The predicted molar refractivity (Wildman–Crippen MR) is 109 cm³/mol. The van der Waals surface area contributed by atoms with Gasteiger partial charge in [-0.3, -0.25) is 4.72 Å². The van der Waals surface area contributed by atoms with Crippen LogP contribution < -0.4 is 14.8 Å². The molecule has 2 N–H and O–H groups in total. The molecule has 0 unspecified atom stereocenters. The second kappa shape index (κ2) is 9.19. The van der Waals surface area contributed by atoms with Gasteiger partial charge in [0.1, 0.15) is 6.61 Å². The Labute approximate surface area is 162 Å². The van der Waals surface area contributed by atoms with Crippen molar-refractivity contribution in [2.24, 2.45) is 0 Å². The van der Waals surface area contributed by atoms with Crippen LogP contribution >= 0.6 is 0 Å². The molecule has 6 nitrogen and oxygen atoms in total. The van der Waals surface area contributed by atoms with Gasteiger partial charge in [0.15, 0.2) is 0 Å². The van der Waals surface area contributed by atoms with Crippen molar-refractivity contribution in [3.05, 3.63) is 47.7 Å². The topological polar surface area (TPSA) is 80.3 Å². The van der Waals surface area contributed by atoms with E-state index in [1.165, 1.54) is 0 Å². The lowest BCUT2D eigenvalue weighted by atomic mass is 10.0. The minimum atomic E-state index is -3.66. The number of aromatic nitrogens is 1. The molecule has 0 saturated heterocycles. The lowest BCUT2D eigenvalue weighted by molar-refractivity contribution is 0.297. The molecule has 7 heteroatoms. The fraction of sp³-hybridized carbons (Fsp3) is 0.450. The first-order valence-corrected chi connectivity index (χ1v) is 10.6. The van der Waals surface area contributed by atoms with E-state index < -0.39 is 10.0 Å². The molecule has 0 radical (unpaired) electrons. The van der Waals surface area contributed by atoms with Crippen LogP contribution in [0.1, 0.15) is 44.9 Å². The molecule has 0 aliphatic heterocycles. The van der Waals surface area contributed by atoms with Crippen LogP contribution in [0.15, 0.2) is 41.3 Å². The number of aryl methyl sites for hydroxylation is 1. The molecule has 0 fully saturated rings. The third-order valence-electron chi connectivity index (χ3n) is 4.07. The van der Waals surface area contributed by atoms with Gasteiger partial charge >= 0.3 is 0 Å². The molecule has 1 aromatic carbocycles. The van der Waals surface area contributed by atoms with Crippen LogP contribution in [0.25, 0.3) is 0 Å². The summed E-state index contributed by atoms with van der Waals surface area (Å²) in [6, 6.07) is 10.7. The Balaban J connectivity index is 2.05. The average Bonchev–Trinajstić information content (AvgIpc) is 2.60. The zero-order valence-corrected chi connectivity index (χ0v) is 17.4. The lowest BCUT2D eigenvalue weighted by Crippen LogP contribution is -2.27. The number of ether oxygens (including phenoxy) is 1. The Bertz CT molecular complexity index is 847. The highest BCUT2D eigenvalue weighted by molar-refractivity contribution is 7.92. The fourth-order valence-corrected chi connectivity index (χ4v) is 3.58. The summed E-state index contributed by atoms with van der Waals surface area (Å²) in [7, 11) is -3.66. The van der Waals surface area contributed by atoms with Crippen molar-refractivity contribution in [2.45, 2.75) is 51.5 Å². The Kier molecular flexibility index (Phi) is 7.21. The molecule has 148 valence electrons. The summed E-state index contributed by atoms with van der Waals surface area (Å²) in [5, 5.41) is 3.26. The molecule has 0 bridgehead atoms. The summed E-state index contributed by atoms with van der Waals surface area (Å²) in [5.74, 6) is 0.826. The number of benzene rings is 1. The Hall–Kier alpha value is -2.12. The quantitative estimate of drug-likeness (QED) is 0.637. The van der Waals surface area contributed by atoms with Gasteiger partial charge in [0.25, 0.3) is 10.0 Å². The molecule has 1 aromatic heterocycles. The smallest absolute Gasteiger partial charge is 0.261 e. The van der Waals surface area contributed by atoms with Crippen LogP contribution in [0.2, 0.25) is 0 Å². The van der Waals surface area contributed by atoms with Gasteiger partial charge in [-0.25, -0.2) is 13.4 Å². The van der Waals surface area contributed by atoms with Crippen molar-refractivity contribution in [1.82, 2.24) is 10.3 Å². The maximum absolute atomic E-state index is 12.6. The molecular formula is C20H29N3O3S. The van der Waals surface area contributed by atoms with Crippen molar-refractivity contribution < 1.29 is 13.2 Å². The minimum Gasteiger partial charge on any atom is -0.476 e. The van der Waals surface area contributed by atoms with Crippen molar-refractivity contribution >= 4 is 15.7 Å². The first kappa shape index (κ1) is 21.2. The molecule has 1 heterocycles. The molecule has 0 amide bonds. The minimum absolute atomic E-state index is 0.228. The predicted octanol–water partition coefficient (Wildman–Crippen LogP) is 3.69. The van der Waals surface area contributed by atoms with E-state index >= 15 is 0 Å². The van der Waals surface area contributed by atoms with Gasteiger partial charge in [-0.1, -0.05) is 39.8 Å². The van der Waals surface area contributed by atoms with E-state index in [-0.39, 0.29) is 4.90 Å². The van der Waals surface area contributed by atoms with Crippen LogP contribution in [0, 0.1) is 6.92 Å². The SMILES string of the molecule is Cc1nc(OCCNC(C)C)ccc1NS(=O)(=O)c1ccc(C(C)C)cc1. The summed E-state index contributed by atoms with van der Waals surface area (Å²) in [6.45, 7) is 11.2. The van der Waals surface area contributed by atoms with Crippen LogP contribution in [0.4, 0.5) is 5.69 Å². The number of rotatable bonds is 9. The Morgan fingerprint density at radius 3 is 2.26 bits per heavy atom. The zero-order valence-electron chi connectivity index (χ0n) is 16.6. The van der Waals surface area contributed by atoms with Crippen molar-refractivity contribution in [3.63, 3.8) is 0 Å². The fourth-order valence-electron chi connectivity index (χ4n) is 2.47. The van der Waals surface area contributed by atoms with Gasteiger partial charge < -0.3 is 10.1 Å². The van der Waals surface area contributed by atoms with Gasteiger partial charge in [-0.15, -0.1) is 0 Å². The summed E-state index contributed by atoms with van der Waals surface area (Å²) < 4.78 is 33.4. The van der Waals surface area contributed by atoms with Gasteiger partial charge in [0, 0.05) is 18.7 Å². The van der Waals surface area contributed by atoms with Gasteiger partial charge in [0.05, 0.1) is 16.3 Å². The maximum atomic E-state index is 12.6. The molecule has 2 rings (SSSR count). The van der Waals surface area contributed by atoms with E-state index in [2.05, 4.69) is 42.7 Å². The van der Waals surface area contributed by atoms with E-state index in [1.807, 2.05) is 12.1 Å². The number of nitrogens with zero attached hydrogens (tertiary/aromatic N) is 1.